The number of aryl methyl sites for hydroxylation is 1. The number of benzene rings is 2. The number of hydrogen-bond acceptors (Lipinski definition) is 5. The van der Waals surface area contributed by atoms with E-state index in [1.807, 2.05) is 6.92 Å². The van der Waals surface area contributed by atoms with Crippen LogP contribution in [0.5, 0.6) is 0 Å². The Kier molecular flexibility index (Phi) is 5.78. The van der Waals surface area contributed by atoms with Crippen LogP contribution in [0.4, 0.5) is 10.1 Å². The van der Waals surface area contributed by atoms with Gasteiger partial charge in [-0.25, -0.2) is 13.9 Å². The predicted molar refractivity (Wildman–Crippen MR) is 102 cm³/mol. The zero-order valence-corrected chi connectivity index (χ0v) is 15.1. The molecule has 0 aliphatic heterocycles. The summed E-state index contributed by atoms with van der Waals surface area (Å²) in [5, 5.41) is 7.25. The van der Waals surface area contributed by atoms with E-state index >= 15 is 0 Å². The van der Waals surface area contributed by atoms with Crippen LogP contribution in [0.15, 0.2) is 53.3 Å². The second-order valence-corrected chi connectivity index (χ2v) is 6.06. The summed E-state index contributed by atoms with van der Waals surface area (Å²) < 4.78 is 19.4. The normalized spacial score (nSPS) is 10.6. The molecule has 0 bridgehead atoms. The quantitative estimate of drug-likeness (QED) is 0.661. The number of aromatic nitrogens is 2. The molecule has 3 rings (SSSR count). The van der Waals surface area contributed by atoms with E-state index in [1.54, 1.807) is 24.3 Å². The first-order valence-corrected chi connectivity index (χ1v) is 8.72. The number of nitrogens with zero attached hydrogens (tertiary/aromatic N) is 2. The number of ether oxygens (including phenoxy) is 1. The van der Waals surface area contributed by atoms with Gasteiger partial charge in [-0.05, 0) is 30.7 Å². The summed E-state index contributed by atoms with van der Waals surface area (Å²) >= 11 is 0. The molecule has 7 nitrogen and oxygen atoms in total. The summed E-state index contributed by atoms with van der Waals surface area (Å²) in [5.41, 5.74) is -0.0822. The summed E-state index contributed by atoms with van der Waals surface area (Å²) in [4.78, 5) is 36.9. The lowest BCUT2D eigenvalue weighted by Crippen LogP contribution is -2.27. The Morgan fingerprint density at radius 1 is 1.14 bits per heavy atom. The van der Waals surface area contributed by atoms with Gasteiger partial charge < -0.3 is 10.1 Å². The zero-order chi connectivity index (χ0) is 20.1. The van der Waals surface area contributed by atoms with Gasteiger partial charge in [0, 0.05) is 17.6 Å². The Bertz CT molecular complexity index is 1090. The van der Waals surface area contributed by atoms with Gasteiger partial charge in [0.25, 0.3) is 11.5 Å². The van der Waals surface area contributed by atoms with Crippen LogP contribution in [0.25, 0.3) is 10.8 Å². The van der Waals surface area contributed by atoms with Gasteiger partial charge in [0.05, 0.1) is 5.39 Å². The van der Waals surface area contributed by atoms with E-state index in [4.69, 9.17) is 4.74 Å². The standard InChI is InChI=1S/C20H18FN3O4/c1-2-10-24-19(26)16-9-4-3-8-15(16)18(23-24)20(27)28-12-17(25)22-14-7-5-6-13(21)11-14/h3-9,11H,2,10,12H2,1H3,(H,22,25). The average Bonchev–Trinajstić information content (AvgIpc) is 2.68. The number of hydrogen-bond donors (Lipinski definition) is 1. The number of fused-ring (bicyclic) bond motifs is 1. The van der Waals surface area contributed by atoms with Gasteiger partial charge in [-0.3, -0.25) is 9.59 Å². The topological polar surface area (TPSA) is 90.3 Å². The summed E-state index contributed by atoms with van der Waals surface area (Å²) in [6.07, 6.45) is 0.662. The first kappa shape index (κ1) is 19.2. The maximum Gasteiger partial charge on any atom is 0.359 e. The number of amides is 1. The monoisotopic (exact) mass is 383 g/mol. The third-order valence-electron chi connectivity index (χ3n) is 3.94. The van der Waals surface area contributed by atoms with Crippen molar-refractivity contribution in [2.75, 3.05) is 11.9 Å². The van der Waals surface area contributed by atoms with E-state index in [2.05, 4.69) is 10.4 Å². The molecule has 3 aromatic rings. The fourth-order valence-corrected chi connectivity index (χ4v) is 2.71. The lowest BCUT2D eigenvalue weighted by molar-refractivity contribution is -0.119. The third kappa shape index (κ3) is 4.22. The van der Waals surface area contributed by atoms with Crippen molar-refractivity contribution in [1.29, 1.82) is 0 Å². The molecule has 1 aromatic heterocycles. The molecule has 2 aromatic carbocycles. The fraction of sp³-hybridized carbons (Fsp3) is 0.200. The fourth-order valence-electron chi connectivity index (χ4n) is 2.71. The molecule has 8 heteroatoms. The molecular weight excluding hydrogens is 365 g/mol. The number of esters is 1. The number of halogens is 1. The minimum absolute atomic E-state index is 0.0396. The third-order valence-corrected chi connectivity index (χ3v) is 3.94. The van der Waals surface area contributed by atoms with Crippen LogP contribution in [0.3, 0.4) is 0 Å². The van der Waals surface area contributed by atoms with Crippen LogP contribution in [-0.4, -0.2) is 28.3 Å². The molecule has 144 valence electrons. The number of carbonyl (C=O) groups is 2. The van der Waals surface area contributed by atoms with Crippen LogP contribution in [-0.2, 0) is 16.1 Å². The van der Waals surface area contributed by atoms with E-state index in [0.29, 0.717) is 23.7 Å². The lowest BCUT2D eigenvalue weighted by atomic mass is 10.1. The first-order valence-electron chi connectivity index (χ1n) is 8.72. The van der Waals surface area contributed by atoms with Gasteiger partial charge in [0.15, 0.2) is 12.3 Å². The summed E-state index contributed by atoms with van der Waals surface area (Å²) in [5.74, 6) is -1.94. The van der Waals surface area contributed by atoms with E-state index < -0.39 is 24.3 Å². The highest BCUT2D eigenvalue weighted by molar-refractivity contribution is 6.03. The smallest absolute Gasteiger partial charge is 0.359 e. The van der Waals surface area contributed by atoms with E-state index in [9.17, 15) is 18.8 Å². The zero-order valence-electron chi connectivity index (χ0n) is 15.1. The molecule has 1 heterocycles. The maximum atomic E-state index is 13.2. The minimum Gasteiger partial charge on any atom is -0.451 e. The van der Waals surface area contributed by atoms with Crippen LogP contribution in [0.1, 0.15) is 23.8 Å². The predicted octanol–water partition coefficient (Wildman–Crippen LogP) is 2.74. The molecule has 0 atom stereocenters. The molecule has 0 saturated carbocycles. The molecule has 1 N–H and O–H groups in total. The Balaban J connectivity index is 1.78. The van der Waals surface area contributed by atoms with E-state index in [0.717, 1.165) is 6.07 Å². The second kappa shape index (κ2) is 8.43. The van der Waals surface area contributed by atoms with Crippen molar-refractivity contribution in [1.82, 2.24) is 9.78 Å². The van der Waals surface area contributed by atoms with Gasteiger partial charge in [-0.2, -0.15) is 5.10 Å². The molecule has 0 fully saturated rings. The van der Waals surface area contributed by atoms with Crippen LogP contribution in [0.2, 0.25) is 0 Å². The Labute approximate surface area is 159 Å². The Morgan fingerprint density at radius 2 is 1.89 bits per heavy atom. The van der Waals surface area contributed by atoms with Crippen LogP contribution in [0, 0.1) is 5.82 Å². The Hall–Kier alpha value is -3.55. The SMILES string of the molecule is CCCn1nc(C(=O)OCC(=O)Nc2cccc(F)c2)c2ccccc2c1=O. The molecule has 0 saturated heterocycles. The van der Waals surface area contributed by atoms with Crippen molar-refractivity contribution in [3.63, 3.8) is 0 Å². The molecular formula is C20H18FN3O4. The molecule has 0 spiro atoms. The highest BCUT2D eigenvalue weighted by Gasteiger charge is 2.19. The molecule has 0 aliphatic rings. The van der Waals surface area contributed by atoms with Gasteiger partial charge in [-0.15, -0.1) is 0 Å². The molecule has 28 heavy (non-hydrogen) atoms. The first-order chi connectivity index (χ1) is 13.5. The largest absolute Gasteiger partial charge is 0.451 e. The van der Waals surface area contributed by atoms with Crippen molar-refractivity contribution < 1.29 is 18.7 Å². The molecule has 1 amide bonds. The lowest BCUT2D eigenvalue weighted by Gasteiger charge is -2.10. The Morgan fingerprint density at radius 3 is 2.61 bits per heavy atom. The summed E-state index contributed by atoms with van der Waals surface area (Å²) in [6.45, 7) is 1.67. The van der Waals surface area contributed by atoms with Crippen molar-refractivity contribution in [2.24, 2.45) is 0 Å². The number of nitrogens with one attached hydrogen (secondary N) is 1. The van der Waals surface area contributed by atoms with Gasteiger partial charge in [0.1, 0.15) is 5.82 Å². The van der Waals surface area contributed by atoms with Crippen LogP contribution >= 0.6 is 0 Å². The van der Waals surface area contributed by atoms with Crippen molar-refractivity contribution in [3.8, 4) is 0 Å². The van der Waals surface area contributed by atoms with Crippen LogP contribution < -0.4 is 10.9 Å². The van der Waals surface area contributed by atoms with Gasteiger partial charge in [0.2, 0.25) is 0 Å². The van der Waals surface area contributed by atoms with Crippen molar-refractivity contribution >= 4 is 28.3 Å². The van der Waals surface area contributed by atoms with E-state index in [-0.39, 0.29) is 16.9 Å². The molecule has 0 aliphatic carbocycles. The number of rotatable bonds is 6. The highest BCUT2D eigenvalue weighted by Crippen LogP contribution is 2.15. The van der Waals surface area contributed by atoms with Crippen molar-refractivity contribution in [3.05, 3.63) is 70.4 Å². The maximum absolute atomic E-state index is 13.2. The minimum atomic E-state index is -0.824. The number of anilines is 1. The number of carbonyl (C=O) groups excluding carboxylic acids is 2. The van der Waals surface area contributed by atoms with Crippen molar-refractivity contribution in [2.45, 2.75) is 19.9 Å². The highest BCUT2D eigenvalue weighted by atomic mass is 19.1. The summed E-state index contributed by atoms with van der Waals surface area (Å²) in [7, 11) is 0. The van der Waals surface area contributed by atoms with Gasteiger partial charge >= 0.3 is 5.97 Å². The second-order valence-electron chi connectivity index (χ2n) is 6.06. The summed E-state index contributed by atoms with van der Waals surface area (Å²) in [6, 6.07) is 11.9. The van der Waals surface area contributed by atoms with E-state index in [1.165, 1.54) is 22.9 Å². The average molecular weight is 383 g/mol. The molecule has 0 radical (unpaired) electrons. The molecule has 0 unspecified atom stereocenters. The van der Waals surface area contributed by atoms with Gasteiger partial charge in [-0.1, -0.05) is 31.2 Å².